The standard InChI is InChI=1S/C13H17ClN2S2/c1-2-16(8-11-4-3-5-17-11)12(7-15)13-6-10(14)9-18-13/h3-6,9,12H,2,7-8,15H2,1H3. The molecule has 0 bridgehead atoms. The Bertz CT molecular complexity index is 467. The summed E-state index contributed by atoms with van der Waals surface area (Å²) in [6, 6.07) is 6.55. The first-order valence-corrected chi connectivity index (χ1v) is 8.08. The maximum atomic E-state index is 6.01. The molecule has 18 heavy (non-hydrogen) atoms. The van der Waals surface area contributed by atoms with Crippen LogP contribution in [0, 0.1) is 0 Å². The number of nitrogens with zero attached hydrogens (tertiary/aromatic N) is 1. The fourth-order valence-corrected chi connectivity index (χ4v) is 3.95. The minimum atomic E-state index is 0.259. The highest BCUT2D eigenvalue weighted by Crippen LogP contribution is 2.30. The minimum absolute atomic E-state index is 0.259. The van der Waals surface area contributed by atoms with Crippen molar-refractivity contribution in [2.45, 2.75) is 19.5 Å². The first kappa shape index (κ1) is 14.0. The fourth-order valence-electron chi connectivity index (χ4n) is 1.99. The zero-order chi connectivity index (χ0) is 13.0. The van der Waals surface area contributed by atoms with E-state index in [0.717, 1.165) is 18.1 Å². The van der Waals surface area contributed by atoms with E-state index in [2.05, 4.69) is 29.3 Å². The lowest BCUT2D eigenvalue weighted by Crippen LogP contribution is -2.32. The second-order valence-corrected chi connectivity index (χ2v) is 6.47. The van der Waals surface area contributed by atoms with Crippen molar-refractivity contribution in [1.82, 2.24) is 4.90 Å². The lowest BCUT2D eigenvalue weighted by molar-refractivity contribution is 0.208. The summed E-state index contributed by atoms with van der Waals surface area (Å²) in [4.78, 5) is 5.02. The first-order valence-electron chi connectivity index (χ1n) is 5.95. The average molecular weight is 301 g/mol. The van der Waals surface area contributed by atoms with E-state index in [0.29, 0.717) is 6.54 Å². The molecule has 0 aliphatic heterocycles. The number of thiophene rings is 2. The SMILES string of the molecule is CCN(Cc1cccs1)C(CN)c1cc(Cl)cs1. The van der Waals surface area contributed by atoms with E-state index in [1.165, 1.54) is 9.75 Å². The maximum Gasteiger partial charge on any atom is 0.0568 e. The largest absolute Gasteiger partial charge is 0.329 e. The molecule has 0 saturated carbocycles. The summed E-state index contributed by atoms with van der Waals surface area (Å²) < 4.78 is 0. The summed E-state index contributed by atoms with van der Waals surface area (Å²) in [5.74, 6) is 0. The maximum absolute atomic E-state index is 6.01. The van der Waals surface area contributed by atoms with Crippen molar-refractivity contribution in [2.75, 3.05) is 13.1 Å². The van der Waals surface area contributed by atoms with Crippen LogP contribution < -0.4 is 5.73 Å². The van der Waals surface area contributed by atoms with Crippen LogP contribution in [0.4, 0.5) is 0 Å². The molecule has 2 rings (SSSR count). The van der Waals surface area contributed by atoms with Crippen LogP contribution in [0.1, 0.15) is 22.7 Å². The average Bonchev–Trinajstić information content (AvgIpc) is 3.01. The molecule has 0 fully saturated rings. The monoisotopic (exact) mass is 300 g/mol. The van der Waals surface area contributed by atoms with Crippen LogP contribution in [0.2, 0.25) is 5.02 Å². The zero-order valence-corrected chi connectivity index (χ0v) is 12.7. The molecule has 5 heteroatoms. The van der Waals surface area contributed by atoms with Crippen molar-refractivity contribution in [1.29, 1.82) is 0 Å². The number of nitrogens with two attached hydrogens (primary N) is 1. The van der Waals surface area contributed by atoms with Crippen LogP contribution in [0.5, 0.6) is 0 Å². The van der Waals surface area contributed by atoms with Gasteiger partial charge in [0.2, 0.25) is 0 Å². The van der Waals surface area contributed by atoms with Crippen molar-refractivity contribution in [3.8, 4) is 0 Å². The number of hydrogen-bond donors (Lipinski definition) is 1. The quantitative estimate of drug-likeness (QED) is 0.874. The van der Waals surface area contributed by atoms with Crippen LogP contribution >= 0.6 is 34.3 Å². The summed E-state index contributed by atoms with van der Waals surface area (Å²) in [6.45, 7) is 4.72. The van der Waals surface area contributed by atoms with Gasteiger partial charge in [0, 0.05) is 28.2 Å². The summed E-state index contributed by atoms with van der Waals surface area (Å²) in [5, 5.41) is 4.89. The molecule has 0 saturated heterocycles. The lowest BCUT2D eigenvalue weighted by Gasteiger charge is -2.28. The van der Waals surface area contributed by atoms with Crippen molar-refractivity contribution < 1.29 is 0 Å². The Morgan fingerprint density at radius 3 is 2.78 bits per heavy atom. The molecule has 2 aromatic rings. The van der Waals surface area contributed by atoms with Gasteiger partial charge in [-0.1, -0.05) is 24.6 Å². The van der Waals surface area contributed by atoms with Crippen LogP contribution in [0.3, 0.4) is 0 Å². The molecule has 98 valence electrons. The van der Waals surface area contributed by atoms with Gasteiger partial charge in [-0.3, -0.25) is 4.90 Å². The van der Waals surface area contributed by atoms with Crippen molar-refractivity contribution in [2.24, 2.45) is 5.73 Å². The minimum Gasteiger partial charge on any atom is -0.329 e. The Morgan fingerprint density at radius 2 is 2.28 bits per heavy atom. The summed E-state index contributed by atoms with van der Waals surface area (Å²) in [5.41, 5.74) is 5.94. The summed E-state index contributed by atoms with van der Waals surface area (Å²) >= 11 is 9.48. The number of hydrogen-bond acceptors (Lipinski definition) is 4. The van der Waals surface area contributed by atoms with Gasteiger partial charge in [0.15, 0.2) is 0 Å². The molecule has 2 aromatic heterocycles. The first-order chi connectivity index (χ1) is 8.74. The third-order valence-electron chi connectivity index (χ3n) is 2.93. The van der Waals surface area contributed by atoms with Crippen molar-refractivity contribution >= 4 is 34.3 Å². The molecule has 2 N–H and O–H groups in total. The topological polar surface area (TPSA) is 29.3 Å². The van der Waals surface area contributed by atoms with Crippen molar-refractivity contribution in [3.63, 3.8) is 0 Å². The number of rotatable bonds is 6. The highest BCUT2D eigenvalue weighted by molar-refractivity contribution is 7.10. The van der Waals surface area contributed by atoms with E-state index in [4.69, 9.17) is 17.3 Å². The van der Waals surface area contributed by atoms with Crippen LogP contribution in [-0.4, -0.2) is 18.0 Å². The highest BCUT2D eigenvalue weighted by Gasteiger charge is 2.19. The van der Waals surface area contributed by atoms with Gasteiger partial charge in [0.05, 0.1) is 11.1 Å². The molecule has 1 atom stereocenters. The van der Waals surface area contributed by atoms with E-state index >= 15 is 0 Å². The molecule has 0 spiro atoms. The molecule has 0 aliphatic rings. The summed E-state index contributed by atoms with van der Waals surface area (Å²) in [6.07, 6.45) is 0. The smallest absolute Gasteiger partial charge is 0.0568 e. The Kier molecular flexibility index (Phi) is 5.21. The number of halogens is 1. The zero-order valence-electron chi connectivity index (χ0n) is 10.3. The molecule has 0 aliphatic carbocycles. The second kappa shape index (κ2) is 6.68. The van der Waals surface area contributed by atoms with Gasteiger partial charge in [-0.05, 0) is 24.1 Å². The molecule has 2 nitrogen and oxygen atoms in total. The normalized spacial score (nSPS) is 13.1. The Morgan fingerprint density at radius 1 is 1.44 bits per heavy atom. The lowest BCUT2D eigenvalue weighted by atomic mass is 10.2. The van der Waals surface area contributed by atoms with E-state index in [9.17, 15) is 0 Å². The predicted molar refractivity (Wildman–Crippen MR) is 81.5 cm³/mol. The highest BCUT2D eigenvalue weighted by atomic mass is 35.5. The van der Waals surface area contributed by atoms with Crippen molar-refractivity contribution in [3.05, 3.63) is 43.7 Å². The number of likely N-dealkylation sites (N-methyl/N-ethyl adjacent to an activating group) is 1. The van der Waals surface area contributed by atoms with Gasteiger partial charge in [-0.2, -0.15) is 0 Å². The van der Waals surface area contributed by atoms with Crippen LogP contribution in [-0.2, 0) is 6.54 Å². The molecule has 0 radical (unpaired) electrons. The second-order valence-electron chi connectivity index (χ2n) is 4.06. The van der Waals surface area contributed by atoms with Gasteiger partial charge < -0.3 is 5.73 Å². The molecular formula is C13H17ClN2S2. The third kappa shape index (κ3) is 3.33. The van der Waals surface area contributed by atoms with Gasteiger partial charge in [-0.25, -0.2) is 0 Å². The van der Waals surface area contributed by atoms with E-state index in [-0.39, 0.29) is 6.04 Å². The molecular weight excluding hydrogens is 284 g/mol. The predicted octanol–water partition coefficient (Wildman–Crippen LogP) is 3.98. The summed E-state index contributed by atoms with van der Waals surface area (Å²) in [7, 11) is 0. The van der Waals surface area contributed by atoms with Crippen LogP contribution in [0.15, 0.2) is 29.0 Å². The molecule has 0 aromatic carbocycles. The van der Waals surface area contributed by atoms with E-state index < -0.39 is 0 Å². The van der Waals surface area contributed by atoms with Gasteiger partial charge >= 0.3 is 0 Å². The Hall–Kier alpha value is -0.390. The molecule has 2 heterocycles. The van der Waals surface area contributed by atoms with Gasteiger partial charge in [0.25, 0.3) is 0 Å². The molecule has 1 unspecified atom stereocenters. The third-order valence-corrected chi connectivity index (χ3v) is 5.17. The van der Waals surface area contributed by atoms with Gasteiger partial charge in [0.1, 0.15) is 0 Å². The van der Waals surface area contributed by atoms with Gasteiger partial charge in [-0.15, -0.1) is 22.7 Å². The Labute approximate surface area is 121 Å². The van der Waals surface area contributed by atoms with Crippen LogP contribution in [0.25, 0.3) is 0 Å². The Balaban J connectivity index is 2.13. The fraction of sp³-hybridized carbons (Fsp3) is 0.385. The molecule has 0 amide bonds. The van der Waals surface area contributed by atoms with E-state index in [1.54, 1.807) is 22.7 Å². The van der Waals surface area contributed by atoms with E-state index in [1.807, 2.05) is 11.4 Å².